The minimum absolute atomic E-state index is 0.0435. The molecular weight excluding hydrogens is 198 g/mol. The average Bonchev–Trinajstić information content (AvgIpc) is 2.25. The van der Waals surface area contributed by atoms with E-state index < -0.39 is 0 Å². The van der Waals surface area contributed by atoms with Gasteiger partial charge in [0.25, 0.3) is 0 Å². The summed E-state index contributed by atoms with van der Waals surface area (Å²) < 4.78 is 0. The van der Waals surface area contributed by atoms with Gasteiger partial charge in [-0.05, 0) is 30.9 Å². The fraction of sp³-hybridized carbons (Fsp3) is 0.571. The van der Waals surface area contributed by atoms with E-state index in [0.29, 0.717) is 5.92 Å². The number of carbonyl (C=O) groups excluding carboxylic acids is 1. The molecule has 0 N–H and O–H groups in total. The van der Waals surface area contributed by atoms with Crippen LogP contribution >= 0.6 is 0 Å². The van der Waals surface area contributed by atoms with Crippen molar-refractivity contribution in [1.82, 2.24) is 4.98 Å². The molecular formula is C14H21NO. The third-order valence-corrected chi connectivity index (χ3v) is 2.64. The molecule has 0 amide bonds. The van der Waals surface area contributed by atoms with Crippen LogP contribution in [0.15, 0.2) is 18.3 Å². The number of Topliss-reactive ketones (excluding diaryl/α,β-unsaturated/α-hetero) is 1. The largest absolute Gasteiger partial charge is 0.294 e. The lowest BCUT2D eigenvalue weighted by Crippen LogP contribution is -2.12. The predicted molar refractivity (Wildman–Crippen MR) is 66.6 cm³/mol. The maximum atomic E-state index is 12.0. The number of carbonyl (C=O) groups is 1. The Morgan fingerprint density at radius 3 is 2.56 bits per heavy atom. The van der Waals surface area contributed by atoms with Gasteiger partial charge in [0.05, 0.1) is 5.69 Å². The Morgan fingerprint density at radius 2 is 2.00 bits per heavy atom. The molecule has 2 heteroatoms. The maximum absolute atomic E-state index is 12.0. The van der Waals surface area contributed by atoms with Gasteiger partial charge in [0.15, 0.2) is 5.78 Å². The Hall–Kier alpha value is -1.18. The van der Waals surface area contributed by atoms with E-state index >= 15 is 0 Å². The summed E-state index contributed by atoms with van der Waals surface area (Å²) in [6.07, 6.45) is 3.74. The van der Waals surface area contributed by atoms with Gasteiger partial charge in [-0.15, -0.1) is 0 Å². The van der Waals surface area contributed by atoms with Crippen molar-refractivity contribution in [2.75, 3.05) is 0 Å². The zero-order valence-corrected chi connectivity index (χ0v) is 10.7. The number of hydrogen-bond acceptors (Lipinski definition) is 2. The smallest absolute Gasteiger partial charge is 0.167 e. The van der Waals surface area contributed by atoms with E-state index in [4.69, 9.17) is 0 Å². The van der Waals surface area contributed by atoms with Gasteiger partial charge in [-0.1, -0.05) is 27.7 Å². The molecule has 1 rings (SSSR count). The summed E-state index contributed by atoms with van der Waals surface area (Å²) in [5.74, 6) is 0.887. The van der Waals surface area contributed by atoms with Gasteiger partial charge >= 0.3 is 0 Å². The van der Waals surface area contributed by atoms with Gasteiger partial charge in [0.1, 0.15) is 0 Å². The van der Waals surface area contributed by atoms with Crippen LogP contribution in [0.25, 0.3) is 0 Å². The van der Waals surface area contributed by atoms with Crippen molar-refractivity contribution in [2.24, 2.45) is 11.8 Å². The van der Waals surface area contributed by atoms with Crippen LogP contribution in [0.3, 0.4) is 0 Å². The van der Waals surface area contributed by atoms with Crippen molar-refractivity contribution in [1.29, 1.82) is 0 Å². The SMILES string of the molecule is CC(C)CCc1ncccc1C(=O)C(C)C. The Labute approximate surface area is 98.1 Å². The van der Waals surface area contributed by atoms with Crippen LogP contribution in [0, 0.1) is 11.8 Å². The quantitative estimate of drug-likeness (QED) is 0.709. The van der Waals surface area contributed by atoms with E-state index in [1.165, 1.54) is 0 Å². The normalized spacial score (nSPS) is 11.1. The van der Waals surface area contributed by atoms with Gasteiger partial charge in [0.2, 0.25) is 0 Å². The van der Waals surface area contributed by atoms with Crippen molar-refractivity contribution in [3.63, 3.8) is 0 Å². The Morgan fingerprint density at radius 1 is 1.31 bits per heavy atom. The molecule has 1 aromatic rings. The molecule has 0 spiro atoms. The Bertz CT molecular complexity index is 356. The van der Waals surface area contributed by atoms with E-state index in [2.05, 4.69) is 18.8 Å². The first-order valence-electron chi connectivity index (χ1n) is 6.00. The number of rotatable bonds is 5. The monoisotopic (exact) mass is 219 g/mol. The molecule has 0 radical (unpaired) electrons. The number of hydrogen-bond donors (Lipinski definition) is 0. The van der Waals surface area contributed by atoms with Crippen molar-refractivity contribution >= 4 is 5.78 Å². The van der Waals surface area contributed by atoms with Crippen LogP contribution in [0.5, 0.6) is 0 Å². The minimum atomic E-state index is 0.0435. The molecule has 0 saturated carbocycles. The van der Waals surface area contributed by atoms with Crippen molar-refractivity contribution in [3.05, 3.63) is 29.6 Å². The molecule has 0 unspecified atom stereocenters. The van der Waals surface area contributed by atoms with E-state index in [1.807, 2.05) is 26.0 Å². The lowest BCUT2D eigenvalue weighted by molar-refractivity contribution is 0.0938. The maximum Gasteiger partial charge on any atom is 0.167 e. The van der Waals surface area contributed by atoms with Crippen molar-refractivity contribution in [2.45, 2.75) is 40.5 Å². The highest BCUT2D eigenvalue weighted by Gasteiger charge is 2.15. The highest BCUT2D eigenvalue weighted by Crippen LogP contribution is 2.15. The molecule has 2 nitrogen and oxygen atoms in total. The van der Waals surface area contributed by atoms with Crippen LogP contribution in [-0.2, 0) is 6.42 Å². The Balaban J connectivity index is 2.87. The van der Waals surface area contributed by atoms with Gasteiger partial charge in [-0.2, -0.15) is 0 Å². The van der Waals surface area contributed by atoms with Crippen LogP contribution in [0.1, 0.15) is 50.2 Å². The van der Waals surface area contributed by atoms with E-state index in [9.17, 15) is 4.79 Å². The molecule has 0 fully saturated rings. The molecule has 88 valence electrons. The highest BCUT2D eigenvalue weighted by molar-refractivity contribution is 5.98. The summed E-state index contributed by atoms with van der Waals surface area (Å²) >= 11 is 0. The number of aryl methyl sites for hydroxylation is 1. The summed E-state index contributed by atoms with van der Waals surface area (Å²) in [7, 11) is 0. The second-order valence-corrected chi connectivity index (χ2v) is 4.95. The third kappa shape index (κ3) is 3.44. The minimum Gasteiger partial charge on any atom is -0.294 e. The molecule has 0 saturated heterocycles. The Kier molecular flexibility index (Phi) is 4.66. The van der Waals surface area contributed by atoms with Crippen LogP contribution in [-0.4, -0.2) is 10.8 Å². The molecule has 0 aliphatic heterocycles. The van der Waals surface area contributed by atoms with Crippen LogP contribution < -0.4 is 0 Å². The fourth-order valence-corrected chi connectivity index (χ4v) is 1.60. The zero-order valence-electron chi connectivity index (χ0n) is 10.7. The molecule has 0 atom stereocenters. The number of ketones is 1. The molecule has 0 bridgehead atoms. The lowest BCUT2D eigenvalue weighted by Gasteiger charge is -2.10. The summed E-state index contributed by atoms with van der Waals surface area (Å²) in [6, 6.07) is 3.74. The molecule has 0 aliphatic rings. The fourth-order valence-electron chi connectivity index (χ4n) is 1.60. The number of aromatic nitrogens is 1. The van der Waals surface area contributed by atoms with Gasteiger partial charge in [0, 0.05) is 17.7 Å². The number of nitrogens with zero attached hydrogens (tertiary/aromatic N) is 1. The van der Waals surface area contributed by atoms with E-state index in [0.717, 1.165) is 24.1 Å². The second kappa shape index (κ2) is 5.78. The summed E-state index contributed by atoms with van der Waals surface area (Å²) in [4.78, 5) is 16.3. The van der Waals surface area contributed by atoms with E-state index in [-0.39, 0.29) is 11.7 Å². The van der Waals surface area contributed by atoms with Crippen LogP contribution in [0.2, 0.25) is 0 Å². The molecule has 1 aromatic heterocycles. The molecule has 0 aromatic carbocycles. The standard InChI is InChI=1S/C14H21NO/c1-10(2)7-8-13-12(6-5-9-15-13)14(16)11(3)4/h5-6,9-11H,7-8H2,1-4H3. The topological polar surface area (TPSA) is 30.0 Å². The highest BCUT2D eigenvalue weighted by atomic mass is 16.1. The zero-order chi connectivity index (χ0) is 12.1. The third-order valence-electron chi connectivity index (χ3n) is 2.64. The van der Waals surface area contributed by atoms with Crippen molar-refractivity contribution in [3.8, 4) is 0 Å². The first-order valence-corrected chi connectivity index (χ1v) is 6.00. The first-order chi connectivity index (χ1) is 7.52. The van der Waals surface area contributed by atoms with Crippen molar-refractivity contribution < 1.29 is 4.79 Å². The summed E-state index contributed by atoms with van der Waals surface area (Å²) in [5, 5.41) is 0. The first kappa shape index (κ1) is 12.9. The predicted octanol–water partition coefficient (Wildman–Crippen LogP) is 3.51. The number of pyridine rings is 1. The second-order valence-electron chi connectivity index (χ2n) is 4.95. The molecule has 16 heavy (non-hydrogen) atoms. The molecule has 0 aliphatic carbocycles. The van der Waals surface area contributed by atoms with Gasteiger partial charge in [-0.3, -0.25) is 9.78 Å². The summed E-state index contributed by atoms with van der Waals surface area (Å²) in [6.45, 7) is 8.24. The summed E-state index contributed by atoms with van der Waals surface area (Å²) in [5.41, 5.74) is 1.76. The van der Waals surface area contributed by atoms with Crippen LogP contribution in [0.4, 0.5) is 0 Å². The molecule has 1 heterocycles. The van der Waals surface area contributed by atoms with E-state index in [1.54, 1.807) is 6.20 Å². The van der Waals surface area contributed by atoms with Gasteiger partial charge < -0.3 is 0 Å². The lowest BCUT2D eigenvalue weighted by atomic mass is 9.96. The average molecular weight is 219 g/mol. The van der Waals surface area contributed by atoms with Gasteiger partial charge in [-0.25, -0.2) is 0 Å².